The fourth-order valence-corrected chi connectivity index (χ4v) is 4.51. The lowest BCUT2D eigenvalue weighted by molar-refractivity contribution is -0.143. The van der Waals surface area contributed by atoms with Gasteiger partial charge in [0.15, 0.2) is 0 Å². The lowest BCUT2D eigenvalue weighted by atomic mass is 9.91. The number of aromatic nitrogens is 1. The van der Waals surface area contributed by atoms with Gasteiger partial charge in [0.2, 0.25) is 5.91 Å². The molecular weight excluding hydrogens is 414 g/mol. The van der Waals surface area contributed by atoms with E-state index in [4.69, 9.17) is 4.74 Å². The van der Waals surface area contributed by atoms with Gasteiger partial charge in [-0.15, -0.1) is 0 Å². The number of aryl methyl sites for hydroxylation is 1. The van der Waals surface area contributed by atoms with Crippen LogP contribution < -0.4 is 5.32 Å². The third-order valence-electron chi connectivity index (χ3n) is 5.92. The van der Waals surface area contributed by atoms with Crippen molar-refractivity contribution in [2.45, 2.75) is 51.6 Å². The van der Waals surface area contributed by atoms with Crippen molar-refractivity contribution < 1.29 is 23.1 Å². The van der Waals surface area contributed by atoms with Crippen LogP contribution in [0.3, 0.4) is 0 Å². The number of benzene rings is 2. The number of ether oxygens (including phenoxy) is 1. The summed E-state index contributed by atoms with van der Waals surface area (Å²) in [5.74, 6) is -1.07. The predicted molar refractivity (Wildman–Crippen MR) is 117 cm³/mol. The van der Waals surface area contributed by atoms with E-state index < -0.39 is 0 Å². The number of hydrogen-bond acceptors (Lipinski definition) is 3. The molecule has 1 amide bonds. The van der Waals surface area contributed by atoms with Crippen LogP contribution in [0.5, 0.6) is 0 Å². The summed E-state index contributed by atoms with van der Waals surface area (Å²) in [6.45, 7) is 2.15. The average molecular weight is 440 g/mol. The van der Waals surface area contributed by atoms with Gasteiger partial charge < -0.3 is 14.6 Å². The van der Waals surface area contributed by atoms with Crippen molar-refractivity contribution in [1.29, 1.82) is 0 Å². The number of nitrogens with zero attached hydrogens (tertiary/aromatic N) is 1. The Balaban J connectivity index is 1.49. The summed E-state index contributed by atoms with van der Waals surface area (Å²) < 4.78 is 34.3. The molecule has 5 nitrogen and oxygen atoms in total. The van der Waals surface area contributed by atoms with E-state index in [1.165, 1.54) is 24.3 Å². The first-order valence-corrected chi connectivity index (χ1v) is 10.9. The Hall–Kier alpha value is -3.22. The second-order valence-corrected chi connectivity index (χ2v) is 8.12. The van der Waals surface area contributed by atoms with E-state index in [1.807, 2.05) is 4.57 Å². The van der Waals surface area contributed by atoms with Gasteiger partial charge in [0.25, 0.3) is 0 Å². The van der Waals surface area contributed by atoms with Crippen molar-refractivity contribution in [3.05, 3.63) is 70.9 Å². The van der Waals surface area contributed by atoms with E-state index in [0.29, 0.717) is 25.9 Å². The van der Waals surface area contributed by atoms with Gasteiger partial charge in [0.05, 0.1) is 6.61 Å². The third kappa shape index (κ3) is 4.82. The van der Waals surface area contributed by atoms with Crippen LogP contribution in [0, 0.1) is 11.6 Å². The maximum atomic E-state index is 14.0. The Morgan fingerprint density at radius 3 is 2.75 bits per heavy atom. The van der Waals surface area contributed by atoms with Crippen LogP contribution in [0.2, 0.25) is 0 Å². The second-order valence-electron chi connectivity index (χ2n) is 8.12. The molecule has 7 heteroatoms. The molecule has 0 aliphatic heterocycles. The first-order valence-electron chi connectivity index (χ1n) is 10.9. The van der Waals surface area contributed by atoms with E-state index in [-0.39, 0.29) is 42.5 Å². The zero-order valence-corrected chi connectivity index (χ0v) is 18.0. The van der Waals surface area contributed by atoms with Crippen LogP contribution in [0.25, 0.3) is 10.9 Å². The van der Waals surface area contributed by atoms with Gasteiger partial charge in [-0.05, 0) is 74.1 Å². The number of halogens is 2. The van der Waals surface area contributed by atoms with Crippen LogP contribution in [0.4, 0.5) is 8.78 Å². The summed E-state index contributed by atoms with van der Waals surface area (Å²) in [5.41, 5.74) is 3.53. The molecule has 2 aromatic carbocycles. The molecule has 1 aliphatic rings. The molecule has 3 aromatic rings. The van der Waals surface area contributed by atoms with Crippen molar-refractivity contribution in [3.63, 3.8) is 0 Å². The summed E-state index contributed by atoms with van der Waals surface area (Å²) in [4.78, 5) is 24.6. The molecule has 0 fully saturated rings. The van der Waals surface area contributed by atoms with Crippen LogP contribution in [0.1, 0.15) is 36.6 Å². The van der Waals surface area contributed by atoms with Gasteiger partial charge in [-0.3, -0.25) is 9.59 Å². The largest absolute Gasteiger partial charge is 0.465 e. The van der Waals surface area contributed by atoms with Gasteiger partial charge in [0.1, 0.15) is 18.2 Å². The molecule has 1 aromatic heterocycles. The number of hydrogen-bond donors (Lipinski definition) is 1. The fraction of sp³-hybridized carbons (Fsp3) is 0.360. The van der Waals surface area contributed by atoms with Gasteiger partial charge in [-0.25, -0.2) is 8.78 Å². The van der Waals surface area contributed by atoms with Gasteiger partial charge in [-0.2, -0.15) is 0 Å². The summed E-state index contributed by atoms with van der Waals surface area (Å²) in [6, 6.07) is 10.7. The highest BCUT2D eigenvalue weighted by molar-refractivity contribution is 5.87. The monoisotopic (exact) mass is 440 g/mol. The lowest BCUT2D eigenvalue weighted by Gasteiger charge is -2.25. The van der Waals surface area contributed by atoms with Crippen LogP contribution in [0.15, 0.2) is 42.5 Å². The van der Waals surface area contributed by atoms with Crippen molar-refractivity contribution >= 4 is 22.8 Å². The van der Waals surface area contributed by atoms with E-state index >= 15 is 0 Å². The average Bonchev–Trinajstić information content (AvgIpc) is 3.05. The smallest absolute Gasteiger partial charge is 0.325 e. The van der Waals surface area contributed by atoms with E-state index in [2.05, 4.69) is 5.32 Å². The molecule has 0 unspecified atom stereocenters. The third-order valence-corrected chi connectivity index (χ3v) is 5.92. The lowest BCUT2D eigenvalue weighted by Crippen LogP contribution is -2.39. The second kappa shape index (κ2) is 9.51. The zero-order valence-electron chi connectivity index (χ0n) is 18.0. The highest BCUT2D eigenvalue weighted by atomic mass is 19.1. The molecule has 1 N–H and O–H groups in total. The SMILES string of the molecule is CCOC(=O)Cn1c2c(c3cc(F)ccc31)C[C@@H](NC(=O)CCc1cccc(F)c1)CC2. The Bertz CT molecular complexity index is 1160. The molecule has 0 saturated heterocycles. The van der Waals surface area contributed by atoms with E-state index in [9.17, 15) is 18.4 Å². The number of carbonyl (C=O) groups is 2. The summed E-state index contributed by atoms with van der Waals surface area (Å²) in [6.07, 6.45) is 2.69. The van der Waals surface area contributed by atoms with Crippen molar-refractivity contribution in [3.8, 4) is 0 Å². The highest BCUT2D eigenvalue weighted by Gasteiger charge is 2.27. The quantitative estimate of drug-likeness (QED) is 0.563. The van der Waals surface area contributed by atoms with E-state index in [1.54, 1.807) is 25.1 Å². The topological polar surface area (TPSA) is 60.3 Å². The molecule has 1 heterocycles. The molecule has 1 aliphatic carbocycles. The highest BCUT2D eigenvalue weighted by Crippen LogP contribution is 2.33. The first kappa shape index (κ1) is 22.0. The summed E-state index contributed by atoms with van der Waals surface area (Å²) in [5, 5.41) is 3.83. The van der Waals surface area contributed by atoms with Gasteiger partial charge in [0, 0.05) is 29.1 Å². The maximum absolute atomic E-state index is 14.0. The minimum atomic E-state index is -0.338. The molecular formula is C25H26F2N2O3. The fourth-order valence-electron chi connectivity index (χ4n) is 4.51. The number of rotatable bonds is 7. The molecule has 0 saturated carbocycles. The Kier molecular flexibility index (Phi) is 6.53. The number of carbonyl (C=O) groups excluding carboxylic acids is 2. The summed E-state index contributed by atoms with van der Waals surface area (Å²) >= 11 is 0. The van der Waals surface area contributed by atoms with Crippen molar-refractivity contribution in [1.82, 2.24) is 9.88 Å². The predicted octanol–water partition coefficient (Wildman–Crippen LogP) is 4.09. The van der Waals surface area contributed by atoms with Crippen molar-refractivity contribution in [2.24, 2.45) is 0 Å². The maximum Gasteiger partial charge on any atom is 0.325 e. The number of nitrogens with one attached hydrogen (secondary N) is 1. The first-order chi connectivity index (χ1) is 15.4. The van der Waals surface area contributed by atoms with Gasteiger partial charge in [-0.1, -0.05) is 12.1 Å². The minimum Gasteiger partial charge on any atom is -0.465 e. The minimum absolute atomic E-state index is 0.0765. The van der Waals surface area contributed by atoms with Crippen LogP contribution >= 0.6 is 0 Å². The normalized spacial score (nSPS) is 15.4. The zero-order chi connectivity index (χ0) is 22.7. The molecule has 168 valence electrons. The Morgan fingerprint density at radius 2 is 1.97 bits per heavy atom. The van der Waals surface area contributed by atoms with Crippen molar-refractivity contribution in [2.75, 3.05) is 6.61 Å². The molecule has 0 bridgehead atoms. The number of fused-ring (bicyclic) bond motifs is 3. The molecule has 0 radical (unpaired) electrons. The van der Waals surface area contributed by atoms with Gasteiger partial charge >= 0.3 is 5.97 Å². The molecule has 4 rings (SSSR count). The Morgan fingerprint density at radius 1 is 1.16 bits per heavy atom. The standard InChI is InChI=1S/C25H26F2N2O3/c1-2-32-25(31)15-29-22-9-7-18(27)13-20(22)21-14-19(8-10-23(21)29)28-24(30)11-6-16-4-3-5-17(26)12-16/h3-5,7,9,12-13,19H,2,6,8,10-11,14-15H2,1H3,(H,28,30)/t19-/m0/s1. The molecule has 1 atom stereocenters. The van der Waals surface area contributed by atoms with Crippen LogP contribution in [-0.4, -0.2) is 29.1 Å². The number of esters is 1. The Labute approximate surface area is 185 Å². The van der Waals surface area contributed by atoms with E-state index in [0.717, 1.165) is 34.1 Å². The summed E-state index contributed by atoms with van der Waals surface area (Å²) in [7, 11) is 0. The molecule has 32 heavy (non-hydrogen) atoms. The molecule has 0 spiro atoms. The van der Waals surface area contributed by atoms with Crippen LogP contribution in [-0.2, 0) is 40.1 Å². The number of amides is 1.